The summed E-state index contributed by atoms with van der Waals surface area (Å²) in [6, 6.07) is 15.8. The van der Waals surface area contributed by atoms with Gasteiger partial charge in [-0.3, -0.25) is 9.69 Å². The number of carbonyl (C=O) groups is 1. The molecule has 0 saturated carbocycles. The van der Waals surface area contributed by atoms with Gasteiger partial charge in [0, 0.05) is 32.1 Å². The zero-order chi connectivity index (χ0) is 23.2. The second-order valence-electron chi connectivity index (χ2n) is 9.93. The Labute approximate surface area is 199 Å². The first-order valence-electron chi connectivity index (χ1n) is 12.9. The van der Waals surface area contributed by atoms with Crippen molar-refractivity contribution in [3.8, 4) is 5.75 Å². The van der Waals surface area contributed by atoms with E-state index in [1.165, 1.54) is 22.3 Å². The van der Waals surface area contributed by atoms with Crippen LogP contribution in [-0.4, -0.2) is 48.0 Å². The minimum Gasteiger partial charge on any atom is -0.493 e. The van der Waals surface area contributed by atoms with E-state index in [1.54, 1.807) is 0 Å². The highest BCUT2D eigenvalue weighted by atomic mass is 16.5. The van der Waals surface area contributed by atoms with Crippen LogP contribution in [0.2, 0.25) is 0 Å². The molecule has 2 unspecified atom stereocenters. The zero-order valence-corrected chi connectivity index (χ0v) is 20.7. The topological polar surface area (TPSA) is 32.8 Å². The molecule has 178 valence electrons. The van der Waals surface area contributed by atoms with Crippen LogP contribution in [0.25, 0.3) is 0 Å². The number of carbonyl (C=O) groups excluding carboxylic acids is 1. The number of unbranched alkanes of at least 4 members (excludes halogenated alkanes) is 1. The Bertz CT molecular complexity index is 941. The van der Waals surface area contributed by atoms with E-state index in [9.17, 15) is 4.79 Å². The van der Waals surface area contributed by atoms with Gasteiger partial charge >= 0.3 is 0 Å². The van der Waals surface area contributed by atoms with Gasteiger partial charge in [0.05, 0.1) is 13.2 Å². The number of rotatable bonds is 10. The molecule has 0 aromatic heterocycles. The smallest absolute Gasteiger partial charge is 0.237 e. The molecule has 0 spiro atoms. The number of likely N-dealkylation sites (tertiary alicyclic amines) is 1. The van der Waals surface area contributed by atoms with Crippen molar-refractivity contribution in [3.63, 3.8) is 0 Å². The molecule has 1 saturated heterocycles. The predicted molar refractivity (Wildman–Crippen MR) is 135 cm³/mol. The fourth-order valence-corrected chi connectivity index (χ4v) is 5.46. The van der Waals surface area contributed by atoms with Crippen molar-refractivity contribution in [1.82, 2.24) is 9.80 Å². The molecule has 2 aromatic rings. The van der Waals surface area contributed by atoms with Crippen LogP contribution in [0.5, 0.6) is 5.75 Å². The van der Waals surface area contributed by atoms with Crippen LogP contribution in [0.4, 0.5) is 0 Å². The van der Waals surface area contributed by atoms with Crippen molar-refractivity contribution < 1.29 is 9.53 Å². The van der Waals surface area contributed by atoms with E-state index < -0.39 is 0 Å². The second kappa shape index (κ2) is 11.2. The van der Waals surface area contributed by atoms with E-state index in [1.807, 2.05) is 0 Å². The first-order chi connectivity index (χ1) is 16.1. The summed E-state index contributed by atoms with van der Waals surface area (Å²) in [5, 5.41) is 0. The van der Waals surface area contributed by atoms with E-state index in [0.29, 0.717) is 25.0 Å². The van der Waals surface area contributed by atoms with Gasteiger partial charge < -0.3 is 9.64 Å². The number of hydrogen-bond acceptors (Lipinski definition) is 3. The summed E-state index contributed by atoms with van der Waals surface area (Å²) in [5.41, 5.74) is 5.24. The summed E-state index contributed by atoms with van der Waals surface area (Å²) < 4.78 is 5.70. The number of fused-ring (bicyclic) bond motifs is 1. The molecular weight excluding hydrogens is 408 g/mol. The lowest BCUT2D eigenvalue weighted by molar-refractivity contribution is -0.133. The summed E-state index contributed by atoms with van der Waals surface area (Å²) in [6.07, 6.45) is 6.63. The lowest BCUT2D eigenvalue weighted by atomic mass is 9.93. The van der Waals surface area contributed by atoms with Crippen LogP contribution in [0.1, 0.15) is 74.1 Å². The van der Waals surface area contributed by atoms with E-state index in [2.05, 4.69) is 73.0 Å². The minimum absolute atomic E-state index is 0.272. The maximum atomic E-state index is 13.5. The molecule has 2 aliphatic rings. The Morgan fingerprint density at radius 2 is 2.03 bits per heavy atom. The van der Waals surface area contributed by atoms with Gasteiger partial charge in [-0.15, -0.1) is 0 Å². The van der Waals surface area contributed by atoms with Crippen LogP contribution in [0.3, 0.4) is 0 Å². The van der Waals surface area contributed by atoms with Gasteiger partial charge in [0.2, 0.25) is 5.91 Å². The van der Waals surface area contributed by atoms with E-state index >= 15 is 0 Å². The van der Waals surface area contributed by atoms with Crippen molar-refractivity contribution in [2.24, 2.45) is 0 Å². The van der Waals surface area contributed by atoms with Gasteiger partial charge in [0.1, 0.15) is 5.75 Å². The van der Waals surface area contributed by atoms with Crippen LogP contribution < -0.4 is 4.74 Å². The molecule has 1 amide bonds. The molecular formula is C29H40N2O2. The number of amides is 1. The molecule has 4 heteroatoms. The monoisotopic (exact) mass is 448 g/mol. The van der Waals surface area contributed by atoms with Crippen molar-refractivity contribution in [1.29, 1.82) is 0 Å². The van der Waals surface area contributed by atoms with Crippen molar-refractivity contribution in [2.75, 3.05) is 26.2 Å². The fourth-order valence-electron chi connectivity index (χ4n) is 5.46. The van der Waals surface area contributed by atoms with Gasteiger partial charge in [-0.2, -0.15) is 0 Å². The third kappa shape index (κ3) is 5.97. The first-order valence-corrected chi connectivity index (χ1v) is 12.9. The Morgan fingerprint density at radius 1 is 1.15 bits per heavy atom. The molecule has 4 nitrogen and oxygen atoms in total. The summed E-state index contributed by atoms with van der Waals surface area (Å²) >= 11 is 0. The molecule has 33 heavy (non-hydrogen) atoms. The summed E-state index contributed by atoms with van der Waals surface area (Å²) in [6.45, 7) is 10.4. The average molecular weight is 449 g/mol. The van der Waals surface area contributed by atoms with Gasteiger partial charge in [0.15, 0.2) is 0 Å². The number of hydrogen-bond donors (Lipinski definition) is 0. The molecule has 0 bridgehead atoms. The molecule has 0 N–H and O–H groups in total. The highest BCUT2D eigenvalue weighted by Crippen LogP contribution is 2.36. The molecule has 1 fully saturated rings. The Hall–Kier alpha value is -2.33. The van der Waals surface area contributed by atoms with E-state index in [-0.39, 0.29) is 5.91 Å². The van der Waals surface area contributed by atoms with Gasteiger partial charge in [-0.05, 0) is 54.9 Å². The van der Waals surface area contributed by atoms with Crippen LogP contribution in [0, 0.1) is 6.92 Å². The highest BCUT2D eigenvalue weighted by Gasteiger charge is 2.34. The van der Waals surface area contributed by atoms with Crippen molar-refractivity contribution in [3.05, 3.63) is 64.7 Å². The number of ether oxygens (including phenoxy) is 1. The quantitative estimate of drug-likeness (QED) is 0.466. The number of benzene rings is 2. The van der Waals surface area contributed by atoms with Gasteiger partial charge in [-0.1, -0.05) is 68.7 Å². The Morgan fingerprint density at radius 3 is 2.82 bits per heavy atom. The molecule has 2 atom stereocenters. The van der Waals surface area contributed by atoms with Gasteiger partial charge in [0.25, 0.3) is 0 Å². The molecule has 0 aliphatic carbocycles. The maximum absolute atomic E-state index is 13.5. The highest BCUT2D eigenvalue weighted by molar-refractivity contribution is 5.78. The average Bonchev–Trinajstić information content (AvgIpc) is 3.43. The molecule has 2 heterocycles. The molecule has 0 radical (unpaired) electrons. The summed E-state index contributed by atoms with van der Waals surface area (Å²) in [4.78, 5) is 18.1. The molecule has 2 aromatic carbocycles. The third-order valence-electron chi connectivity index (χ3n) is 7.26. The second-order valence-corrected chi connectivity index (χ2v) is 9.93. The molecule has 4 rings (SSSR count). The number of nitrogens with zero attached hydrogens (tertiary/aromatic N) is 2. The standard InChI is InChI=1S/C29H40N2O2/c1-4-6-14-30(19-23-10-7-9-22(3)16-23)29(32)21-31-20-26(18-27(31)8-5-2)24-11-12-28-25(17-24)13-15-33-28/h7,9-12,16-17,26-27H,4-6,8,13-15,18-21H2,1-3H3. The lowest BCUT2D eigenvalue weighted by Crippen LogP contribution is -2.42. The predicted octanol–water partition coefficient (Wildman–Crippen LogP) is 5.72. The largest absolute Gasteiger partial charge is 0.493 e. The normalized spacial score (nSPS) is 20.0. The fraction of sp³-hybridized carbons (Fsp3) is 0.552. The minimum atomic E-state index is 0.272. The maximum Gasteiger partial charge on any atom is 0.237 e. The molecule has 2 aliphatic heterocycles. The van der Waals surface area contributed by atoms with Crippen molar-refractivity contribution in [2.45, 2.75) is 77.8 Å². The van der Waals surface area contributed by atoms with E-state index in [0.717, 1.165) is 64.0 Å². The first kappa shape index (κ1) is 23.8. The zero-order valence-electron chi connectivity index (χ0n) is 20.7. The Balaban J connectivity index is 1.45. The van der Waals surface area contributed by atoms with Crippen LogP contribution >= 0.6 is 0 Å². The third-order valence-corrected chi connectivity index (χ3v) is 7.26. The Kier molecular flexibility index (Phi) is 8.08. The van der Waals surface area contributed by atoms with Crippen LogP contribution in [0.15, 0.2) is 42.5 Å². The summed E-state index contributed by atoms with van der Waals surface area (Å²) in [5.74, 6) is 1.83. The summed E-state index contributed by atoms with van der Waals surface area (Å²) in [7, 11) is 0. The van der Waals surface area contributed by atoms with Gasteiger partial charge in [-0.25, -0.2) is 0 Å². The number of aryl methyl sites for hydroxylation is 1. The van der Waals surface area contributed by atoms with Crippen LogP contribution in [-0.2, 0) is 17.8 Å². The van der Waals surface area contributed by atoms with Crippen molar-refractivity contribution >= 4 is 5.91 Å². The SMILES string of the molecule is CCCCN(Cc1cccc(C)c1)C(=O)CN1CC(c2ccc3c(c2)CCO3)CC1CCC. The van der Waals surface area contributed by atoms with E-state index in [4.69, 9.17) is 4.74 Å². The lowest BCUT2D eigenvalue weighted by Gasteiger charge is -2.28.